The summed E-state index contributed by atoms with van der Waals surface area (Å²) < 4.78 is 21.4. The second-order valence-corrected chi connectivity index (χ2v) is 11.9. The number of amides is 2. The highest BCUT2D eigenvalue weighted by Gasteiger charge is 2.26. The van der Waals surface area contributed by atoms with Crippen LogP contribution in [0.5, 0.6) is 0 Å². The van der Waals surface area contributed by atoms with Gasteiger partial charge in [-0.1, -0.05) is 46.3 Å². The number of likely N-dealkylation sites (N-methyl/N-ethyl adjacent to an activating group) is 1. The molecule has 1 aromatic heterocycles. The molecule has 4 N–H and O–H groups in total. The summed E-state index contributed by atoms with van der Waals surface area (Å²) in [5.41, 5.74) is 3.23. The highest BCUT2D eigenvalue weighted by molar-refractivity contribution is 9.09. The first kappa shape index (κ1) is 27.5. The normalized spacial score (nSPS) is 21.8. The van der Waals surface area contributed by atoms with Crippen molar-refractivity contribution < 1.29 is 18.7 Å². The molecular formula is C25H35BrN4O4S. The number of carbonyl (C=O) groups excluding carboxylic acids is 2. The van der Waals surface area contributed by atoms with E-state index in [-0.39, 0.29) is 17.6 Å². The van der Waals surface area contributed by atoms with Gasteiger partial charge < -0.3 is 20.1 Å². The van der Waals surface area contributed by atoms with Crippen LogP contribution in [0.1, 0.15) is 33.7 Å². The minimum atomic E-state index is -2.94. The Kier molecular flexibility index (Phi) is 9.60. The summed E-state index contributed by atoms with van der Waals surface area (Å²) in [4.78, 5) is 33.4. The number of halogens is 1. The Bertz CT molecular complexity index is 1050. The molecule has 1 saturated heterocycles. The number of rotatable bonds is 6. The Labute approximate surface area is 217 Å². The molecule has 0 bridgehead atoms. The number of nitrogens with zero attached hydrogens (tertiary/aromatic N) is 2. The molecule has 0 spiro atoms. The van der Waals surface area contributed by atoms with Crippen LogP contribution < -0.4 is 5.32 Å². The van der Waals surface area contributed by atoms with Gasteiger partial charge in [-0.3, -0.25) is 18.7 Å². The first-order valence-corrected chi connectivity index (χ1v) is 14.5. The van der Waals surface area contributed by atoms with Crippen molar-refractivity contribution in [3.63, 3.8) is 0 Å². The van der Waals surface area contributed by atoms with Gasteiger partial charge in [-0.05, 0) is 39.0 Å². The number of hydrogen-bond acceptors (Lipinski definition) is 5. The summed E-state index contributed by atoms with van der Waals surface area (Å²) in [7, 11) is -0.888. The molecular weight excluding hydrogens is 532 g/mol. The monoisotopic (exact) mass is 566 g/mol. The zero-order chi connectivity index (χ0) is 25.6. The smallest absolute Gasteiger partial charge is 0.256 e. The van der Waals surface area contributed by atoms with E-state index in [9.17, 15) is 18.7 Å². The number of nitrogens with one attached hydrogen (secondary N) is 2. The van der Waals surface area contributed by atoms with Crippen molar-refractivity contribution in [2.24, 2.45) is 0 Å². The van der Waals surface area contributed by atoms with Gasteiger partial charge >= 0.3 is 0 Å². The topological polar surface area (TPSA) is 109 Å². The second-order valence-electron chi connectivity index (χ2n) is 8.88. The molecule has 2 amide bonds. The van der Waals surface area contributed by atoms with Gasteiger partial charge in [0.15, 0.2) is 0 Å². The van der Waals surface area contributed by atoms with E-state index in [0.717, 1.165) is 24.3 Å². The SMILES string of the molecule is Cc1[nH]c(C=C2C=CC(S(O)(O)CC=CCBr)CC=CNC2=O)c(C)c1C(=O)N1CCN(C)CC1. The number of aromatic nitrogens is 1. The third-order valence-corrected chi connectivity index (χ3v) is 8.69. The molecule has 3 heterocycles. The lowest BCUT2D eigenvalue weighted by molar-refractivity contribution is -0.116. The quantitative estimate of drug-likeness (QED) is 0.236. The first-order valence-electron chi connectivity index (χ1n) is 11.6. The molecule has 2 aliphatic rings. The van der Waals surface area contributed by atoms with Crippen LogP contribution in [0, 0.1) is 13.8 Å². The zero-order valence-corrected chi connectivity index (χ0v) is 22.9. The lowest BCUT2D eigenvalue weighted by atomic mass is 10.1. The van der Waals surface area contributed by atoms with E-state index < -0.39 is 15.8 Å². The molecule has 1 fully saturated rings. The summed E-state index contributed by atoms with van der Waals surface area (Å²) in [5, 5.41) is 2.84. The lowest BCUT2D eigenvalue weighted by Gasteiger charge is -2.37. The third-order valence-electron chi connectivity index (χ3n) is 6.32. The lowest BCUT2D eigenvalue weighted by Crippen LogP contribution is -2.47. The molecule has 0 aliphatic carbocycles. The van der Waals surface area contributed by atoms with Crippen molar-refractivity contribution in [2.75, 3.05) is 44.3 Å². The number of allylic oxidation sites excluding steroid dienone is 2. The number of alkyl halides is 1. The second kappa shape index (κ2) is 12.2. The van der Waals surface area contributed by atoms with Gasteiger partial charge in [-0.15, -0.1) is 0 Å². The van der Waals surface area contributed by atoms with Crippen molar-refractivity contribution in [3.05, 3.63) is 64.7 Å². The van der Waals surface area contributed by atoms with E-state index in [1.165, 1.54) is 6.20 Å². The molecule has 1 atom stereocenters. The van der Waals surface area contributed by atoms with Gasteiger partial charge in [-0.25, -0.2) is 0 Å². The van der Waals surface area contributed by atoms with E-state index in [2.05, 4.69) is 31.1 Å². The molecule has 0 saturated carbocycles. The van der Waals surface area contributed by atoms with Crippen LogP contribution >= 0.6 is 26.5 Å². The molecule has 0 radical (unpaired) electrons. The molecule has 8 nitrogen and oxygen atoms in total. The number of H-pyrrole nitrogens is 1. The Morgan fingerprint density at radius 3 is 2.63 bits per heavy atom. The molecule has 3 rings (SSSR count). The average Bonchev–Trinajstić information content (AvgIpc) is 3.13. The largest absolute Gasteiger partial charge is 0.358 e. The Morgan fingerprint density at radius 1 is 1.23 bits per heavy atom. The highest BCUT2D eigenvalue weighted by Crippen LogP contribution is 2.47. The number of aromatic amines is 1. The minimum absolute atomic E-state index is 0.00284. The van der Waals surface area contributed by atoms with E-state index in [0.29, 0.717) is 41.7 Å². The summed E-state index contributed by atoms with van der Waals surface area (Å²) in [6.45, 7) is 6.81. The summed E-state index contributed by atoms with van der Waals surface area (Å²) in [5.74, 6) is -0.168. The maximum Gasteiger partial charge on any atom is 0.256 e. The fourth-order valence-electron chi connectivity index (χ4n) is 4.14. The van der Waals surface area contributed by atoms with Crippen molar-refractivity contribution >= 4 is 44.4 Å². The minimum Gasteiger partial charge on any atom is -0.358 e. The first-order chi connectivity index (χ1) is 16.6. The average molecular weight is 568 g/mol. The summed E-state index contributed by atoms with van der Waals surface area (Å²) in [6.07, 6.45) is 12.3. The van der Waals surface area contributed by atoms with E-state index in [1.54, 1.807) is 30.4 Å². The van der Waals surface area contributed by atoms with Crippen molar-refractivity contribution in [1.82, 2.24) is 20.1 Å². The number of hydrogen-bond donors (Lipinski definition) is 4. The van der Waals surface area contributed by atoms with Gasteiger partial charge in [0.2, 0.25) is 0 Å². The summed E-state index contributed by atoms with van der Waals surface area (Å²) in [6, 6.07) is 0. The van der Waals surface area contributed by atoms with Crippen LogP contribution in [0.3, 0.4) is 0 Å². The van der Waals surface area contributed by atoms with E-state index in [4.69, 9.17) is 0 Å². The van der Waals surface area contributed by atoms with E-state index in [1.807, 2.05) is 31.9 Å². The zero-order valence-electron chi connectivity index (χ0n) is 20.5. The maximum absolute atomic E-state index is 13.2. The Balaban J connectivity index is 1.89. The highest BCUT2D eigenvalue weighted by atomic mass is 79.9. The van der Waals surface area contributed by atoms with Crippen LogP contribution in [0.4, 0.5) is 0 Å². The molecule has 1 aromatic rings. The molecule has 10 heteroatoms. The molecule has 2 aliphatic heterocycles. The van der Waals surface area contributed by atoms with Crippen LogP contribution in [0.25, 0.3) is 6.08 Å². The van der Waals surface area contributed by atoms with Gasteiger partial charge in [-0.2, -0.15) is 10.6 Å². The molecule has 1 unspecified atom stereocenters. The number of carbonyl (C=O) groups is 2. The maximum atomic E-state index is 13.2. The fraction of sp³-hybridized carbons (Fsp3) is 0.440. The molecule has 35 heavy (non-hydrogen) atoms. The van der Waals surface area contributed by atoms with Crippen LogP contribution in [0.15, 0.2) is 42.2 Å². The summed E-state index contributed by atoms with van der Waals surface area (Å²) >= 11 is 3.29. The van der Waals surface area contributed by atoms with Gasteiger partial charge in [0, 0.05) is 54.7 Å². The number of aryl methyl sites for hydroxylation is 1. The van der Waals surface area contributed by atoms with Crippen LogP contribution in [0.2, 0.25) is 0 Å². The third kappa shape index (κ3) is 6.98. The Hall–Kier alpha value is -2.11. The van der Waals surface area contributed by atoms with Gasteiger partial charge in [0.1, 0.15) is 0 Å². The Morgan fingerprint density at radius 2 is 1.94 bits per heavy atom. The van der Waals surface area contributed by atoms with Crippen molar-refractivity contribution in [2.45, 2.75) is 25.5 Å². The van der Waals surface area contributed by atoms with Gasteiger partial charge in [0.25, 0.3) is 11.8 Å². The molecule has 192 valence electrons. The predicted octanol–water partition coefficient (Wildman–Crippen LogP) is 4.06. The van der Waals surface area contributed by atoms with Crippen LogP contribution in [-0.4, -0.2) is 85.3 Å². The predicted molar refractivity (Wildman–Crippen MR) is 147 cm³/mol. The fourth-order valence-corrected chi connectivity index (χ4v) is 5.82. The standard InChI is InChI=1S/C25H35BrN4O4S/c1-18-22(28-19(2)23(18)25(32)30-14-12-29(3)13-15-30)17-20-8-9-21(7-6-11-27-24(20)31)35(33,34)16-5-4-10-26/h4-6,8-9,11,17,21,28,33-34H,7,10,12-16H2,1-3H3,(H,27,31). The van der Waals surface area contributed by atoms with Gasteiger partial charge in [0.05, 0.1) is 16.6 Å². The number of piperazine rings is 1. The van der Waals surface area contributed by atoms with Crippen molar-refractivity contribution in [1.29, 1.82) is 0 Å². The van der Waals surface area contributed by atoms with Crippen molar-refractivity contribution in [3.8, 4) is 0 Å². The molecule has 0 aromatic carbocycles. The van der Waals surface area contributed by atoms with Crippen LogP contribution in [-0.2, 0) is 4.79 Å². The van der Waals surface area contributed by atoms with E-state index >= 15 is 0 Å².